The number of hydrogen-bond donors (Lipinski definition) is 2. The minimum absolute atomic E-state index is 0.844. The molecule has 108 valence electrons. The second kappa shape index (κ2) is 6.70. The number of aryl methyl sites for hydroxylation is 1. The molecule has 3 rings (SSSR count). The molecule has 1 aromatic heterocycles. The molecule has 0 aliphatic heterocycles. The Labute approximate surface area is 125 Å². The minimum Gasteiger partial charge on any atom is -0.315 e. The highest BCUT2D eigenvalue weighted by molar-refractivity contribution is 7.19. The van der Waals surface area contributed by atoms with Gasteiger partial charge in [0.25, 0.3) is 0 Å². The fraction of sp³-hybridized carbons (Fsp3) is 0.529. The first-order chi connectivity index (χ1) is 9.88. The van der Waals surface area contributed by atoms with E-state index in [0.717, 1.165) is 12.6 Å². The van der Waals surface area contributed by atoms with E-state index in [1.54, 1.807) is 5.56 Å². The first-order valence-electron chi connectivity index (χ1n) is 7.75. The maximum Gasteiger partial charge on any atom is 0.0349 e. The van der Waals surface area contributed by atoms with Gasteiger partial charge in [-0.25, -0.2) is 0 Å². The maximum atomic E-state index is 3.60. The molecule has 1 aliphatic carbocycles. The Hall–Kier alpha value is -0.900. The van der Waals surface area contributed by atoms with Crippen molar-refractivity contribution in [2.24, 2.45) is 0 Å². The molecule has 0 unspecified atom stereocenters. The van der Waals surface area contributed by atoms with Crippen molar-refractivity contribution >= 4 is 21.4 Å². The Morgan fingerprint density at radius 3 is 2.85 bits per heavy atom. The van der Waals surface area contributed by atoms with Crippen LogP contribution in [0.1, 0.15) is 36.1 Å². The Balaban J connectivity index is 1.63. The van der Waals surface area contributed by atoms with Crippen LogP contribution in [-0.4, -0.2) is 19.6 Å². The molecule has 0 atom stereocenters. The lowest BCUT2D eigenvalue weighted by Gasteiger charge is -2.05. The van der Waals surface area contributed by atoms with Crippen LogP contribution in [0.3, 0.4) is 0 Å². The van der Waals surface area contributed by atoms with Crippen LogP contribution in [0.2, 0.25) is 0 Å². The van der Waals surface area contributed by atoms with Crippen LogP contribution < -0.4 is 10.6 Å². The van der Waals surface area contributed by atoms with Gasteiger partial charge in [-0.15, -0.1) is 11.3 Å². The number of unbranched alkanes of at least 4 members (excludes halogenated alkanes) is 1. The van der Waals surface area contributed by atoms with Gasteiger partial charge in [0.15, 0.2) is 0 Å². The summed E-state index contributed by atoms with van der Waals surface area (Å²) in [6.07, 6.45) is 6.58. The van der Waals surface area contributed by atoms with E-state index in [2.05, 4.69) is 34.9 Å². The summed E-state index contributed by atoms with van der Waals surface area (Å²) in [5.74, 6) is 0. The quantitative estimate of drug-likeness (QED) is 0.724. The lowest BCUT2D eigenvalue weighted by atomic mass is 10.0. The van der Waals surface area contributed by atoms with E-state index in [-0.39, 0.29) is 0 Å². The Morgan fingerprint density at radius 2 is 2.05 bits per heavy atom. The minimum atomic E-state index is 0.844. The normalized spacial score (nSPS) is 15.1. The van der Waals surface area contributed by atoms with Gasteiger partial charge in [-0.1, -0.05) is 18.2 Å². The topological polar surface area (TPSA) is 24.1 Å². The smallest absolute Gasteiger partial charge is 0.0349 e. The molecule has 1 heterocycles. The van der Waals surface area contributed by atoms with Gasteiger partial charge < -0.3 is 10.6 Å². The second-order valence-electron chi connectivity index (χ2n) is 5.72. The highest BCUT2D eigenvalue weighted by Crippen LogP contribution is 2.32. The third-order valence-corrected chi connectivity index (χ3v) is 5.20. The summed E-state index contributed by atoms with van der Waals surface area (Å²) in [5, 5.41) is 8.38. The van der Waals surface area contributed by atoms with E-state index in [1.807, 2.05) is 18.4 Å². The van der Waals surface area contributed by atoms with E-state index < -0.39 is 0 Å². The van der Waals surface area contributed by atoms with Crippen LogP contribution >= 0.6 is 11.3 Å². The van der Waals surface area contributed by atoms with Crippen molar-refractivity contribution in [2.45, 2.75) is 44.7 Å². The summed E-state index contributed by atoms with van der Waals surface area (Å²) in [6.45, 7) is 2.18. The van der Waals surface area contributed by atoms with E-state index in [0.29, 0.717) is 0 Å². The molecule has 0 radical (unpaired) electrons. The summed E-state index contributed by atoms with van der Waals surface area (Å²) in [7, 11) is 2.04. The van der Waals surface area contributed by atoms with Gasteiger partial charge in [0, 0.05) is 22.2 Å². The van der Waals surface area contributed by atoms with Gasteiger partial charge in [-0.2, -0.15) is 0 Å². The number of thiophene rings is 1. The zero-order valence-electron chi connectivity index (χ0n) is 12.2. The summed E-state index contributed by atoms with van der Waals surface area (Å²) in [4.78, 5) is 1.52. The largest absolute Gasteiger partial charge is 0.315 e. The first-order valence-corrected chi connectivity index (χ1v) is 8.57. The Morgan fingerprint density at radius 1 is 1.20 bits per heavy atom. The Kier molecular flexibility index (Phi) is 4.71. The van der Waals surface area contributed by atoms with Crippen molar-refractivity contribution in [3.8, 4) is 0 Å². The van der Waals surface area contributed by atoms with Crippen LogP contribution in [0.4, 0.5) is 0 Å². The third-order valence-electron chi connectivity index (χ3n) is 3.98. The molecule has 0 spiro atoms. The molecule has 2 N–H and O–H groups in total. The fourth-order valence-electron chi connectivity index (χ4n) is 2.75. The molecule has 0 amide bonds. The molecular formula is C17H24N2S. The van der Waals surface area contributed by atoms with Crippen LogP contribution in [0.25, 0.3) is 10.1 Å². The van der Waals surface area contributed by atoms with Crippen molar-refractivity contribution in [1.29, 1.82) is 0 Å². The monoisotopic (exact) mass is 288 g/mol. The Bertz CT molecular complexity index is 557. The molecule has 3 heteroatoms. The number of nitrogens with one attached hydrogen (secondary N) is 2. The van der Waals surface area contributed by atoms with E-state index in [1.165, 1.54) is 53.6 Å². The fourth-order valence-corrected chi connectivity index (χ4v) is 4.01. The second-order valence-corrected chi connectivity index (χ2v) is 6.85. The van der Waals surface area contributed by atoms with E-state index in [4.69, 9.17) is 0 Å². The molecule has 20 heavy (non-hydrogen) atoms. The first kappa shape index (κ1) is 14.1. The zero-order chi connectivity index (χ0) is 13.8. The predicted octanol–water partition coefficient (Wildman–Crippen LogP) is 3.70. The molecule has 0 saturated heterocycles. The van der Waals surface area contributed by atoms with Crippen molar-refractivity contribution in [3.63, 3.8) is 0 Å². The molecule has 1 fully saturated rings. The van der Waals surface area contributed by atoms with Gasteiger partial charge >= 0.3 is 0 Å². The standard InChI is InChI=1S/C17H24N2S/c1-18-12-17-15(7-4-5-11-19-13-9-10-13)14-6-2-3-8-16(14)20-17/h2-3,6,8,13,18-19H,4-5,7,9-12H2,1H3. The van der Waals surface area contributed by atoms with Crippen molar-refractivity contribution in [3.05, 3.63) is 34.7 Å². The molecular weight excluding hydrogens is 264 g/mol. The number of benzene rings is 1. The molecule has 2 aromatic rings. The van der Waals surface area contributed by atoms with Crippen molar-refractivity contribution in [1.82, 2.24) is 10.6 Å². The average molecular weight is 288 g/mol. The predicted molar refractivity (Wildman–Crippen MR) is 88.6 cm³/mol. The summed E-state index contributed by atoms with van der Waals surface area (Å²) < 4.78 is 1.43. The molecule has 0 bridgehead atoms. The number of hydrogen-bond acceptors (Lipinski definition) is 3. The molecule has 1 aliphatic rings. The zero-order valence-corrected chi connectivity index (χ0v) is 13.1. The van der Waals surface area contributed by atoms with E-state index >= 15 is 0 Å². The van der Waals surface area contributed by atoms with Crippen LogP contribution in [0.5, 0.6) is 0 Å². The highest BCUT2D eigenvalue weighted by atomic mass is 32.1. The summed E-state index contributed by atoms with van der Waals surface area (Å²) in [5.41, 5.74) is 1.58. The van der Waals surface area contributed by atoms with Gasteiger partial charge in [-0.3, -0.25) is 0 Å². The molecule has 2 nitrogen and oxygen atoms in total. The van der Waals surface area contributed by atoms with Crippen LogP contribution in [-0.2, 0) is 13.0 Å². The number of rotatable bonds is 8. The van der Waals surface area contributed by atoms with Gasteiger partial charge in [0.05, 0.1) is 0 Å². The maximum absolute atomic E-state index is 3.60. The summed E-state index contributed by atoms with van der Waals surface area (Å²) >= 11 is 1.95. The van der Waals surface area contributed by atoms with Crippen LogP contribution in [0.15, 0.2) is 24.3 Å². The lowest BCUT2D eigenvalue weighted by Crippen LogP contribution is -2.17. The van der Waals surface area contributed by atoms with Crippen molar-refractivity contribution < 1.29 is 0 Å². The molecule has 1 aromatic carbocycles. The molecule has 1 saturated carbocycles. The van der Waals surface area contributed by atoms with E-state index in [9.17, 15) is 0 Å². The van der Waals surface area contributed by atoms with Crippen LogP contribution in [0, 0.1) is 0 Å². The lowest BCUT2D eigenvalue weighted by molar-refractivity contribution is 0.619. The third kappa shape index (κ3) is 3.40. The summed E-state index contributed by atoms with van der Waals surface area (Å²) in [6, 6.07) is 9.68. The van der Waals surface area contributed by atoms with Gasteiger partial charge in [0.1, 0.15) is 0 Å². The van der Waals surface area contributed by atoms with Crippen molar-refractivity contribution in [2.75, 3.05) is 13.6 Å². The number of fused-ring (bicyclic) bond motifs is 1. The van der Waals surface area contributed by atoms with Gasteiger partial charge in [-0.05, 0) is 62.7 Å². The SMILES string of the molecule is CNCc1sc2ccccc2c1CCCCNC1CC1. The average Bonchev–Trinajstić information content (AvgIpc) is 3.22. The van der Waals surface area contributed by atoms with Gasteiger partial charge in [0.2, 0.25) is 0 Å². The highest BCUT2D eigenvalue weighted by Gasteiger charge is 2.19.